The highest BCUT2D eigenvalue weighted by Crippen LogP contribution is 2.36. The Kier molecular flexibility index (Phi) is 4.71. The highest BCUT2D eigenvalue weighted by atomic mass is 16.2. The number of carbonyl (C=O) groups is 2. The molecule has 0 radical (unpaired) electrons. The maximum Gasteiger partial charge on any atom is 0.321 e. The summed E-state index contributed by atoms with van der Waals surface area (Å²) in [7, 11) is 0. The molecule has 2 aliphatic rings. The summed E-state index contributed by atoms with van der Waals surface area (Å²) in [4.78, 5) is 27.2. The van der Waals surface area contributed by atoms with Crippen LogP contribution in [0.1, 0.15) is 31.4 Å². The number of urea groups is 2. The first-order valence-corrected chi connectivity index (χ1v) is 9.82. The number of hydrogen-bond acceptors (Lipinski definition) is 2. The Morgan fingerprint density at radius 1 is 0.786 bits per heavy atom. The third kappa shape index (κ3) is 3.81. The van der Waals surface area contributed by atoms with E-state index in [1.807, 2.05) is 24.3 Å². The first-order valence-electron chi connectivity index (χ1n) is 9.82. The van der Waals surface area contributed by atoms with E-state index in [4.69, 9.17) is 0 Å². The third-order valence-electron chi connectivity index (χ3n) is 5.72. The van der Waals surface area contributed by atoms with E-state index < -0.39 is 0 Å². The van der Waals surface area contributed by atoms with Crippen molar-refractivity contribution in [1.29, 1.82) is 0 Å². The Bertz CT molecular complexity index is 799. The van der Waals surface area contributed by atoms with Crippen molar-refractivity contribution in [1.82, 2.24) is 9.80 Å². The van der Waals surface area contributed by atoms with Crippen LogP contribution in [0.2, 0.25) is 0 Å². The Hall–Kier alpha value is -3.02. The molecule has 0 saturated carbocycles. The van der Waals surface area contributed by atoms with Crippen LogP contribution < -0.4 is 10.6 Å². The highest BCUT2D eigenvalue weighted by molar-refractivity contribution is 5.91. The summed E-state index contributed by atoms with van der Waals surface area (Å²) in [5.74, 6) is 0. The van der Waals surface area contributed by atoms with Crippen LogP contribution >= 0.6 is 0 Å². The molecule has 0 aromatic heterocycles. The maximum absolute atomic E-state index is 11.9. The lowest BCUT2D eigenvalue weighted by Crippen LogP contribution is -2.23. The predicted molar refractivity (Wildman–Crippen MR) is 111 cm³/mol. The standard InChI is InChI=1S/C22H26N4O2/c1-3-22(2,16-4-8-18(9-5-16)23-20(27)25-12-13-25)17-6-10-19(11-7-17)24-21(28)26-14-15-26/h4-11H,3,12-15H2,1-2H3,(H,23,27)(H,24,28). The van der Waals surface area contributed by atoms with Gasteiger partial charge in [-0.05, 0) is 41.8 Å². The van der Waals surface area contributed by atoms with Crippen LogP contribution in [0.3, 0.4) is 0 Å². The topological polar surface area (TPSA) is 64.2 Å². The number of amides is 4. The molecule has 2 heterocycles. The van der Waals surface area contributed by atoms with Gasteiger partial charge < -0.3 is 20.4 Å². The SMILES string of the molecule is CCC(C)(c1ccc(NC(=O)N2CC2)cc1)c1ccc(NC(=O)N2CC2)cc1. The summed E-state index contributed by atoms with van der Waals surface area (Å²) in [6, 6.07) is 16.1. The van der Waals surface area contributed by atoms with Crippen molar-refractivity contribution in [2.24, 2.45) is 0 Å². The first-order chi connectivity index (χ1) is 13.5. The van der Waals surface area contributed by atoms with Gasteiger partial charge in [0, 0.05) is 43.0 Å². The van der Waals surface area contributed by atoms with Crippen molar-refractivity contribution in [3.8, 4) is 0 Å². The number of nitrogens with zero attached hydrogens (tertiary/aromatic N) is 2. The number of rotatable bonds is 5. The van der Waals surface area contributed by atoms with Crippen LogP contribution in [0.4, 0.5) is 21.0 Å². The normalized spacial score (nSPS) is 15.2. The lowest BCUT2D eigenvalue weighted by atomic mass is 9.74. The number of benzene rings is 2. The summed E-state index contributed by atoms with van der Waals surface area (Å²) in [6.07, 6.45) is 0.936. The lowest BCUT2D eigenvalue weighted by molar-refractivity contribution is 0.241. The molecule has 4 rings (SSSR count). The zero-order valence-electron chi connectivity index (χ0n) is 16.4. The van der Waals surface area contributed by atoms with E-state index in [0.29, 0.717) is 0 Å². The Labute approximate surface area is 165 Å². The molecule has 146 valence electrons. The molecule has 2 aromatic rings. The molecule has 0 atom stereocenters. The average Bonchev–Trinajstić information content (AvgIpc) is 3.59. The van der Waals surface area contributed by atoms with E-state index in [0.717, 1.165) is 44.0 Å². The van der Waals surface area contributed by atoms with Gasteiger partial charge >= 0.3 is 12.1 Å². The van der Waals surface area contributed by atoms with E-state index in [1.54, 1.807) is 9.80 Å². The van der Waals surface area contributed by atoms with Crippen molar-refractivity contribution in [3.63, 3.8) is 0 Å². The molecule has 2 aliphatic heterocycles. The second kappa shape index (κ2) is 7.19. The van der Waals surface area contributed by atoms with E-state index in [-0.39, 0.29) is 17.5 Å². The maximum atomic E-state index is 11.9. The van der Waals surface area contributed by atoms with Gasteiger partial charge in [0.05, 0.1) is 0 Å². The Morgan fingerprint density at radius 2 is 1.14 bits per heavy atom. The van der Waals surface area contributed by atoms with E-state index in [1.165, 1.54) is 11.1 Å². The molecule has 6 heteroatoms. The second-order valence-electron chi connectivity index (χ2n) is 7.67. The minimum absolute atomic E-state index is 0.0360. The first kappa shape index (κ1) is 18.3. The molecule has 4 amide bonds. The molecule has 2 N–H and O–H groups in total. The molecule has 2 fully saturated rings. The average molecular weight is 378 g/mol. The molecule has 0 spiro atoms. The molecular weight excluding hydrogens is 352 g/mol. The number of nitrogens with one attached hydrogen (secondary N) is 2. The van der Waals surface area contributed by atoms with Gasteiger partial charge in [0.1, 0.15) is 0 Å². The molecule has 0 bridgehead atoms. The Morgan fingerprint density at radius 3 is 1.43 bits per heavy atom. The van der Waals surface area contributed by atoms with Crippen LogP contribution in [0.5, 0.6) is 0 Å². The van der Waals surface area contributed by atoms with E-state index >= 15 is 0 Å². The Balaban J connectivity index is 1.48. The quantitative estimate of drug-likeness (QED) is 0.770. The van der Waals surface area contributed by atoms with Crippen LogP contribution in [0, 0.1) is 0 Å². The lowest BCUT2D eigenvalue weighted by Gasteiger charge is -2.30. The predicted octanol–water partition coefficient (Wildman–Crippen LogP) is 4.10. The summed E-state index contributed by atoms with van der Waals surface area (Å²) in [6.45, 7) is 7.75. The summed E-state index contributed by atoms with van der Waals surface area (Å²) in [5, 5.41) is 5.85. The smallest absolute Gasteiger partial charge is 0.321 e. The largest absolute Gasteiger partial charge is 0.321 e. The van der Waals surface area contributed by atoms with Crippen molar-refractivity contribution in [2.75, 3.05) is 36.8 Å². The zero-order chi connectivity index (χ0) is 19.7. The van der Waals surface area contributed by atoms with Gasteiger partial charge in [0.15, 0.2) is 0 Å². The molecule has 2 aromatic carbocycles. The van der Waals surface area contributed by atoms with Crippen LogP contribution in [-0.2, 0) is 5.41 Å². The fraction of sp³-hybridized carbons (Fsp3) is 0.364. The summed E-state index contributed by atoms with van der Waals surface area (Å²) >= 11 is 0. The van der Waals surface area contributed by atoms with E-state index in [2.05, 4.69) is 48.7 Å². The van der Waals surface area contributed by atoms with E-state index in [9.17, 15) is 9.59 Å². The molecule has 0 unspecified atom stereocenters. The van der Waals surface area contributed by atoms with Gasteiger partial charge in [-0.2, -0.15) is 0 Å². The van der Waals surface area contributed by atoms with Crippen molar-refractivity contribution < 1.29 is 9.59 Å². The molecular formula is C22H26N4O2. The van der Waals surface area contributed by atoms with Gasteiger partial charge in [-0.15, -0.1) is 0 Å². The number of carbonyl (C=O) groups excluding carboxylic acids is 2. The van der Waals surface area contributed by atoms with Gasteiger partial charge in [-0.25, -0.2) is 9.59 Å². The zero-order valence-corrected chi connectivity index (χ0v) is 16.4. The fourth-order valence-electron chi connectivity index (χ4n) is 3.33. The van der Waals surface area contributed by atoms with Crippen LogP contribution in [0.25, 0.3) is 0 Å². The molecule has 0 aliphatic carbocycles. The molecule has 2 saturated heterocycles. The van der Waals surface area contributed by atoms with Gasteiger partial charge in [-0.1, -0.05) is 38.1 Å². The minimum atomic E-state index is -0.148. The van der Waals surface area contributed by atoms with Crippen molar-refractivity contribution in [2.45, 2.75) is 25.7 Å². The van der Waals surface area contributed by atoms with Gasteiger partial charge in [0.25, 0.3) is 0 Å². The number of anilines is 2. The minimum Gasteiger partial charge on any atom is -0.321 e. The second-order valence-corrected chi connectivity index (χ2v) is 7.67. The molecule has 6 nitrogen and oxygen atoms in total. The summed E-state index contributed by atoms with van der Waals surface area (Å²) in [5.41, 5.74) is 3.87. The van der Waals surface area contributed by atoms with Crippen molar-refractivity contribution >= 4 is 23.4 Å². The van der Waals surface area contributed by atoms with Gasteiger partial charge in [0.2, 0.25) is 0 Å². The third-order valence-corrected chi connectivity index (χ3v) is 5.72. The fourth-order valence-corrected chi connectivity index (χ4v) is 3.33. The number of hydrogen-bond donors (Lipinski definition) is 2. The summed E-state index contributed by atoms with van der Waals surface area (Å²) < 4.78 is 0. The van der Waals surface area contributed by atoms with Crippen molar-refractivity contribution in [3.05, 3.63) is 59.7 Å². The monoisotopic (exact) mass is 378 g/mol. The molecule has 28 heavy (non-hydrogen) atoms. The van der Waals surface area contributed by atoms with Crippen LogP contribution in [-0.4, -0.2) is 48.0 Å². The van der Waals surface area contributed by atoms with Gasteiger partial charge in [-0.3, -0.25) is 0 Å². The highest BCUT2D eigenvalue weighted by Gasteiger charge is 2.28. The van der Waals surface area contributed by atoms with Crippen LogP contribution in [0.15, 0.2) is 48.5 Å².